The summed E-state index contributed by atoms with van der Waals surface area (Å²) >= 11 is 0. The van der Waals surface area contributed by atoms with Gasteiger partial charge < -0.3 is 5.32 Å². The summed E-state index contributed by atoms with van der Waals surface area (Å²) in [6, 6.07) is 7.10. The Hall–Kier alpha value is -3.98. The van der Waals surface area contributed by atoms with Gasteiger partial charge in [0.15, 0.2) is 0 Å². The zero-order chi connectivity index (χ0) is 22.8. The summed E-state index contributed by atoms with van der Waals surface area (Å²) in [6.07, 6.45) is 13.4. The van der Waals surface area contributed by atoms with Crippen molar-refractivity contribution in [2.24, 2.45) is 4.99 Å². The van der Waals surface area contributed by atoms with Gasteiger partial charge in [0.25, 0.3) is 5.91 Å². The SMILES string of the molecule is C=C(C#Cc1cc(C(=O)NCCCC2=CCN=C2)ccc1-n1cccn1)/C=C\C(F)=C/C. The van der Waals surface area contributed by atoms with Gasteiger partial charge in [-0.05, 0) is 61.8 Å². The molecule has 32 heavy (non-hydrogen) atoms. The molecular weight excluding hydrogens is 403 g/mol. The molecule has 1 aliphatic heterocycles. The second kappa shape index (κ2) is 11.4. The van der Waals surface area contributed by atoms with Crippen LogP contribution in [-0.2, 0) is 0 Å². The number of hydrogen-bond acceptors (Lipinski definition) is 3. The van der Waals surface area contributed by atoms with Crippen molar-refractivity contribution in [3.05, 3.63) is 95.6 Å². The van der Waals surface area contributed by atoms with Crippen LogP contribution < -0.4 is 5.32 Å². The summed E-state index contributed by atoms with van der Waals surface area (Å²) < 4.78 is 15.0. The lowest BCUT2D eigenvalue weighted by atomic mass is 10.1. The molecular formula is C26H25FN4O. The highest BCUT2D eigenvalue weighted by molar-refractivity contribution is 5.95. The third-order valence-electron chi connectivity index (χ3n) is 4.73. The van der Waals surface area contributed by atoms with Gasteiger partial charge in [0, 0.05) is 36.3 Å². The van der Waals surface area contributed by atoms with Gasteiger partial charge in [-0.2, -0.15) is 5.10 Å². The third kappa shape index (κ3) is 6.51. The summed E-state index contributed by atoms with van der Waals surface area (Å²) in [4.78, 5) is 16.8. The highest BCUT2D eigenvalue weighted by atomic mass is 19.1. The Balaban J connectivity index is 1.74. The number of halogens is 1. The quantitative estimate of drug-likeness (QED) is 0.375. The van der Waals surface area contributed by atoms with E-state index in [1.54, 1.807) is 36.1 Å². The van der Waals surface area contributed by atoms with Gasteiger partial charge in [0.1, 0.15) is 5.83 Å². The Bertz CT molecular complexity index is 1160. The molecule has 2 heterocycles. The zero-order valence-corrected chi connectivity index (χ0v) is 18.0. The predicted octanol–water partition coefficient (Wildman–Crippen LogP) is 4.73. The topological polar surface area (TPSA) is 59.3 Å². The van der Waals surface area contributed by atoms with Crippen LogP contribution in [0.1, 0.15) is 35.7 Å². The molecule has 0 fully saturated rings. The fraction of sp³-hybridized carbons (Fsp3) is 0.192. The van der Waals surface area contributed by atoms with Crippen molar-refractivity contribution in [3.63, 3.8) is 0 Å². The van der Waals surface area contributed by atoms with Crippen LogP contribution in [0.2, 0.25) is 0 Å². The summed E-state index contributed by atoms with van der Waals surface area (Å²) in [6.45, 7) is 6.78. The molecule has 162 valence electrons. The molecule has 0 bridgehead atoms. The first kappa shape index (κ1) is 22.7. The van der Waals surface area contributed by atoms with E-state index in [-0.39, 0.29) is 11.7 Å². The Labute approximate surface area is 187 Å². The molecule has 6 heteroatoms. The molecule has 3 rings (SSSR count). The summed E-state index contributed by atoms with van der Waals surface area (Å²) in [5.41, 5.74) is 3.53. The van der Waals surface area contributed by atoms with Crippen LogP contribution in [0.5, 0.6) is 0 Å². The molecule has 1 N–H and O–H groups in total. The van der Waals surface area contributed by atoms with Crippen molar-refractivity contribution < 1.29 is 9.18 Å². The molecule has 2 aromatic rings. The average Bonchev–Trinajstić information content (AvgIpc) is 3.53. The Morgan fingerprint density at radius 3 is 2.97 bits per heavy atom. The van der Waals surface area contributed by atoms with Crippen molar-refractivity contribution in [2.45, 2.75) is 19.8 Å². The van der Waals surface area contributed by atoms with E-state index in [0.29, 0.717) is 23.2 Å². The molecule has 0 spiro atoms. The van der Waals surface area contributed by atoms with Crippen molar-refractivity contribution in [3.8, 4) is 17.5 Å². The van der Waals surface area contributed by atoms with E-state index in [1.165, 1.54) is 23.8 Å². The maximum atomic E-state index is 13.3. The van der Waals surface area contributed by atoms with E-state index in [2.05, 4.69) is 39.9 Å². The number of carbonyl (C=O) groups is 1. The van der Waals surface area contributed by atoms with E-state index in [4.69, 9.17) is 0 Å². The normalized spacial score (nSPS) is 13.1. The van der Waals surface area contributed by atoms with Crippen molar-refractivity contribution in [2.75, 3.05) is 13.1 Å². The summed E-state index contributed by atoms with van der Waals surface area (Å²) in [5, 5.41) is 7.21. The molecule has 0 saturated heterocycles. The van der Waals surface area contributed by atoms with Crippen LogP contribution in [0, 0.1) is 11.8 Å². The number of carbonyl (C=O) groups excluding carboxylic acids is 1. The second-order valence-electron chi connectivity index (χ2n) is 7.10. The maximum Gasteiger partial charge on any atom is 0.251 e. The number of rotatable bonds is 8. The maximum absolute atomic E-state index is 13.3. The molecule has 1 aromatic heterocycles. The van der Waals surface area contributed by atoms with Crippen LogP contribution in [-0.4, -0.2) is 35.0 Å². The number of aromatic nitrogens is 2. The van der Waals surface area contributed by atoms with Crippen LogP contribution >= 0.6 is 0 Å². The lowest BCUT2D eigenvalue weighted by Crippen LogP contribution is -2.24. The Morgan fingerprint density at radius 1 is 1.38 bits per heavy atom. The number of amides is 1. The standard InChI is InChI=1S/C26H25FN4O/c1-3-24(27)11-8-20(2)7-9-22-18-23(10-12-25(22)31-17-5-15-30-31)26(32)29-14-4-6-21-13-16-28-19-21/h3,5,8,10-13,15,17-19H,2,4,6,14,16H2,1H3,(H,29,32)/b11-8-,24-3+. The largest absolute Gasteiger partial charge is 0.352 e. The molecule has 0 atom stereocenters. The number of allylic oxidation sites excluding steroid dienone is 6. The van der Waals surface area contributed by atoms with Gasteiger partial charge >= 0.3 is 0 Å². The fourth-order valence-electron chi connectivity index (χ4n) is 3.01. The molecule has 0 saturated carbocycles. The number of benzene rings is 1. The highest BCUT2D eigenvalue weighted by Gasteiger charge is 2.10. The van der Waals surface area contributed by atoms with Gasteiger partial charge in [0.05, 0.1) is 17.8 Å². The summed E-state index contributed by atoms with van der Waals surface area (Å²) in [7, 11) is 0. The fourth-order valence-corrected chi connectivity index (χ4v) is 3.01. The first-order valence-electron chi connectivity index (χ1n) is 10.4. The minimum absolute atomic E-state index is 0.164. The molecule has 5 nitrogen and oxygen atoms in total. The van der Waals surface area contributed by atoms with E-state index < -0.39 is 0 Å². The van der Waals surface area contributed by atoms with Gasteiger partial charge in [-0.15, -0.1) is 0 Å². The van der Waals surface area contributed by atoms with Crippen molar-refractivity contribution in [1.82, 2.24) is 15.1 Å². The molecule has 0 unspecified atom stereocenters. The van der Waals surface area contributed by atoms with Gasteiger partial charge in [0.2, 0.25) is 0 Å². The average molecular weight is 429 g/mol. The van der Waals surface area contributed by atoms with Crippen LogP contribution in [0.3, 0.4) is 0 Å². The molecule has 0 aliphatic carbocycles. The number of aliphatic imine (C=N–C) groups is 1. The second-order valence-corrected chi connectivity index (χ2v) is 7.10. The van der Waals surface area contributed by atoms with E-state index in [1.807, 2.05) is 18.3 Å². The Morgan fingerprint density at radius 2 is 2.25 bits per heavy atom. The first-order chi connectivity index (χ1) is 15.6. The van der Waals surface area contributed by atoms with Crippen LogP contribution in [0.25, 0.3) is 5.69 Å². The zero-order valence-electron chi connectivity index (χ0n) is 18.0. The van der Waals surface area contributed by atoms with Crippen molar-refractivity contribution >= 4 is 12.1 Å². The predicted molar refractivity (Wildman–Crippen MR) is 127 cm³/mol. The van der Waals surface area contributed by atoms with E-state index >= 15 is 0 Å². The highest BCUT2D eigenvalue weighted by Crippen LogP contribution is 2.16. The smallest absolute Gasteiger partial charge is 0.251 e. The van der Waals surface area contributed by atoms with E-state index in [9.17, 15) is 9.18 Å². The minimum atomic E-state index is -0.361. The monoisotopic (exact) mass is 428 g/mol. The lowest BCUT2D eigenvalue weighted by molar-refractivity contribution is 0.0953. The van der Waals surface area contributed by atoms with E-state index in [0.717, 1.165) is 25.1 Å². The number of hydrogen-bond donors (Lipinski definition) is 1. The first-order valence-corrected chi connectivity index (χ1v) is 10.4. The molecule has 1 aliphatic rings. The molecule has 0 radical (unpaired) electrons. The molecule has 1 aromatic carbocycles. The lowest BCUT2D eigenvalue weighted by Gasteiger charge is -2.09. The number of nitrogens with zero attached hydrogens (tertiary/aromatic N) is 3. The van der Waals surface area contributed by atoms with Crippen LogP contribution in [0.15, 0.2) is 89.5 Å². The van der Waals surface area contributed by atoms with Crippen LogP contribution in [0.4, 0.5) is 4.39 Å². The number of nitrogens with one attached hydrogen (secondary N) is 1. The van der Waals surface area contributed by atoms with Gasteiger partial charge in [-0.3, -0.25) is 9.79 Å². The summed E-state index contributed by atoms with van der Waals surface area (Å²) in [5.74, 6) is 5.43. The molecule has 1 amide bonds. The third-order valence-corrected chi connectivity index (χ3v) is 4.73. The van der Waals surface area contributed by atoms with Gasteiger partial charge in [-0.25, -0.2) is 9.07 Å². The Kier molecular flexibility index (Phi) is 8.10. The van der Waals surface area contributed by atoms with Crippen molar-refractivity contribution in [1.29, 1.82) is 0 Å². The van der Waals surface area contributed by atoms with Gasteiger partial charge in [-0.1, -0.05) is 30.6 Å². The minimum Gasteiger partial charge on any atom is -0.352 e.